The molecule has 1 aromatic heterocycles. The number of nitrogens with zero attached hydrogens (tertiary/aromatic N) is 3. The maximum atomic E-state index is 5.49. The summed E-state index contributed by atoms with van der Waals surface area (Å²) in [6, 6.07) is 72.5. The number of fused-ring (bicyclic) bond motifs is 7. The summed E-state index contributed by atoms with van der Waals surface area (Å²) < 4.78 is 0. The second kappa shape index (κ2) is 15.8. The Kier molecular flexibility index (Phi) is 9.26. The van der Waals surface area contributed by atoms with Gasteiger partial charge in [-0.3, -0.25) is 0 Å². The quantitative estimate of drug-likeness (QED) is 0.156. The van der Waals surface area contributed by atoms with Gasteiger partial charge in [-0.1, -0.05) is 220 Å². The highest BCUT2D eigenvalue weighted by Crippen LogP contribution is 2.50. The van der Waals surface area contributed by atoms with E-state index in [2.05, 4.69) is 238 Å². The Balaban J connectivity index is 1.05. The predicted octanol–water partition coefficient (Wildman–Crippen LogP) is 17.1. The fourth-order valence-corrected chi connectivity index (χ4v) is 11.1. The second-order valence-corrected chi connectivity index (χ2v) is 18.5. The van der Waals surface area contributed by atoms with Gasteiger partial charge in [-0.2, -0.15) is 0 Å². The van der Waals surface area contributed by atoms with Crippen molar-refractivity contribution in [2.75, 3.05) is 0 Å². The summed E-state index contributed by atoms with van der Waals surface area (Å²) in [6.45, 7) is 4.65. The van der Waals surface area contributed by atoms with Gasteiger partial charge in [0.25, 0.3) is 0 Å². The van der Waals surface area contributed by atoms with Gasteiger partial charge in [0.1, 0.15) is 0 Å². The van der Waals surface area contributed by atoms with Crippen LogP contribution in [0.5, 0.6) is 0 Å². The molecule has 0 atom stereocenters. The summed E-state index contributed by atoms with van der Waals surface area (Å²) >= 11 is 0. The maximum absolute atomic E-state index is 5.49. The van der Waals surface area contributed by atoms with E-state index in [1.807, 2.05) is 0 Å². The molecule has 3 heteroatoms. The van der Waals surface area contributed by atoms with E-state index >= 15 is 0 Å². The Morgan fingerprint density at radius 2 is 0.779 bits per heavy atom. The number of benzene rings is 10. The summed E-state index contributed by atoms with van der Waals surface area (Å²) in [5.41, 5.74) is 17.4. The molecule has 0 spiro atoms. The molecule has 0 saturated heterocycles. The third-order valence-corrected chi connectivity index (χ3v) is 14.4. The first-order valence-corrected chi connectivity index (χ1v) is 23.6. The lowest BCUT2D eigenvalue weighted by Gasteiger charge is -2.22. The molecule has 13 rings (SSSR count). The molecule has 0 bridgehead atoms. The molecule has 320 valence electrons. The summed E-state index contributed by atoms with van der Waals surface area (Å²) in [6.07, 6.45) is 9.83. The Morgan fingerprint density at radius 1 is 0.324 bits per heavy atom. The van der Waals surface area contributed by atoms with E-state index in [1.165, 1.54) is 77.2 Å². The van der Waals surface area contributed by atoms with Crippen molar-refractivity contribution in [3.8, 4) is 78.7 Å². The van der Waals surface area contributed by atoms with Crippen molar-refractivity contribution in [2.24, 2.45) is 0 Å². The van der Waals surface area contributed by atoms with Gasteiger partial charge in [0, 0.05) is 22.1 Å². The monoisotopic (exact) mass is 867 g/mol. The van der Waals surface area contributed by atoms with E-state index in [-0.39, 0.29) is 5.41 Å². The zero-order valence-corrected chi connectivity index (χ0v) is 37.9. The number of rotatable bonds is 6. The van der Waals surface area contributed by atoms with Crippen LogP contribution < -0.4 is 0 Å². The minimum Gasteiger partial charge on any atom is -0.208 e. The molecule has 68 heavy (non-hydrogen) atoms. The molecule has 0 unspecified atom stereocenters. The lowest BCUT2D eigenvalue weighted by molar-refractivity contribution is 0.660. The van der Waals surface area contributed by atoms with Crippen molar-refractivity contribution in [1.82, 2.24) is 15.0 Å². The Labute approximate surface area is 396 Å². The van der Waals surface area contributed by atoms with Crippen molar-refractivity contribution in [1.29, 1.82) is 0 Å². The van der Waals surface area contributed by atoms with Gasteiger partial charge in [0.05, 0.1) is 0 Å². The second-order valence-electron chi connectivity index (χ2n) is 18.5. The molecule has 0 saturated carbocycles. The molecular weight excluding hydrogens is 823 g/mol. The van der Waals surface area contributed by atoms with Crippen LogP contribution in [0.4, 0.5) is 0 Å². The predicted molar refractivity (Wildman–Crippen MR) is 285 cm³/mol. The topological polar surface area (TPSA) is 38.7 Å². The standard InChI is InChI=1S/C65H45N3/c1-65(2)58-33-19-18-28-49(58)50-35-34-43(40-59(50)65)62-66-63(56-38-36-44(41-20-6-3-7-21-41)45-24-10-5-11-25-47(45)56)68-64(67-62)57-39-37-55(46-26-12-13-27-48(46)57)61-53-31-16-14-29-51(53)60(42-22-8-4-9-23-42)52-30-15-17-32-54(52)61/h3-4,6-40H,5H2,1-2H3. The third kappa shape index (κ3) is 6.31. The Morgan fingerprint density at radius 3 is 1.46 bits per heavy atom. The zero-order chi connectivity index (χ0) is 45.3. The molecule has 0 radical (unpaired) electrons. The molecule has 0 fully saturated rings. The van der Waals surface area contributed by atoms with Crippen LogP contribution in [-0.4, -0.2) is 15.0 Å². The van der Waals surface area contributed by atoms with E-state index in [4.69, 9.17) is 15.0 Å². The number of aromatic nitrogens is 3. The number of allylic oxidation sites excluding steroid dienone is 2. The van der Waals surface area contributed by atoms with Gasteiger partial charge in [-0.15, -0.1) is 0 Å². The fourth-order valence-electron chi connectivity index (χ4n) is 11.1. The average Bonchev–Trinajstić information content (AvgIpc) is 3.51. The van der Waals surface area contributed by atoms with Crippen molar-refractivity contribution in [3.63, 3.8) is 0 Å². The molecule has 10 aromatic carbocycles. The summed E-state index contributed by atoms with van der Waals surface area (Å²) in [5, 5.41) is 7.12. The molecular formula is C65H45N3. The van der Waals surface area contributed by atoms with Gasteiger partial charge >= 0.3 is 0 Å². The van der Waals surface area contributed by atoms with E-state index < -0.39 is 0 Å². The highest BCUT2D eigenvalue weighted by Gasteiger charge is 2.35. The van der Waals surface area contributed by atoms with Crippen molar-refractivity contribution < 1.29 is 0 Å². The molecule has 2 aliphatic rings. The number of hydrogen-bond acceptors (Lipinski definition) is 3. The smallest absolute Gasteiger partial charge is 0.164 e. The Bertz CT molecular complexity index is 3840. The minimum absolute atomic E-state index is 0.179. The van der Waals surface area contributed by atoms with E-state index in [0.717, 1.165) is 45.0 Å². The van der Waals surface area contributed by atoms with Crippen molar-refractivity contribution >= 4 is 44.5 Å². The van der Waals surface area contributed by atoms with Crippen LogP contribution in [0.25, 0.3) is 123 Å². The highest BCUT2D eigenvalue weighted by atomic mass is 15.0. The van der Waals surface area contributed by atoms with Gasteiger partial charge in [-0.05, 0) is 124 Å². The minimum atomic E-state index is -0.179. The first kappa shape index (κ1) is 39.8. The number of hydrogen-bond donors (Lipinski definition) is 0. The van der Waals surface area contributed by atoms with Crippen LogP contribution in [0.1, 0.15) is 42.5 Å². The fraction of sp³-hybridized carbons (Fsp3) is 0.0615. The normalized spacial score (nSPS) is 13.4. The maximum Gasteiger partial charge on any atom is 0.164 e. The van der Waals surface area contributed by atoms with Crippen molar-refractivity contribution in [3.05, 3.63) is 235 Å². The molecule has 0 aliphatic heterocycles. The van der Waals surface area contributed by atoms with Crippen molar-refractivity contribution in [2.45, 2.75) is 25.7 Å². The van der Waals surface area contributed by atoms with Crippen LogP contribution >= 0.6 is 0 Å². The lowest BCUT2D eigenvalue weighted by atomic mass is 9.82. The highest BCUT2D eigenvalue weighted by molar-refractivity contribution is 6.24. The van der Waals surface area contributed by atoms with Gasteiger partial charge < -0.3 is 0 Å². The van der Waals surface area contributed by atoms with Crippen LogP contribution in [-0.2, 0) is 5.41 Å². The average molecular weight is 868 g/mol. The van der Waals surface area contributed by atoms with Crippen LogP contribution in [0.3, 0.4) is 0 Å². The summed E-state index contributed by atoms with van der Waals surface area (Å²) in [4.78, 5) is 16.4. The van der Waals surface area contributed by atoms with Crippen LogP contribution in [0.2, 0.25) is 0 Å². The molecule has 11 aromatic rings. The van der Waals surface area contributed by atoms with E-state index in [9.17, 15) is 0 Å². The lowest BCUT2D eigenvalue weighted by Crippen LogP contribution is -2.15. The first-order valence-electron chi connectivity index (χ1n) is 23.6. The van der Waals surface area contributed by atoms with Crippen LogP contribution in [0, 0.1) is 0 Å². The van der Waals surface area contributed by atoms with Gasteiger partial charge in [-0.25, -0.2) is 15.0 Å². The van der Waals surface area contributed by atoms with Gasteiger partial charge in [0.15, 0.2) is 17.5 Å². The first-order chi connectivity index (χ1) is 33.5. The molecule has 3 nitrogen and oxygen atoms in total. The molecule has 0 amide bonds. The summed E-state index contributed by atoms with van der Waals surface area (Å²) in [7, 11) is 0. The van der Waals surface area contributed by atoms with E-state index in [1.54, 1.807) is 0 Å². The van der Waals surface area contributed by atoms with Gasteiger partial charge in [0.2, 0.25) is 0 Å². The van der Waals surface area contributed by atoms with Crippen LogP contribution in [0.15, 0.2) is 212 Å². The molecule has 0 N–H and O–H groups in total. The largest absolute Gasteiger partial charge is 0.208 e. The van der Waals surface area contributed by atoms with E-state index in [0.29, 0.717) is 17.5 Å². The summed E-state index contributed by atoms with van der Waals surface area (Å²) in [5.74, 6) is 1.93. The molecule has 1 heterocycles. The zero-order valence-electron chi connectivity index (χ0n) is 37.9. The SMILES string of the molecule is CC1(C)c2ccccc2-c2ccc(-c3nc(-c4ccc(-c5ccccc5)c5c4C=CCC=C5)nc(-c4ccc(-c5c6ccccc6c(-c6ccccc6)c6ccccc56)c5ccccc45)n3)cc21. The molecule has 2 aliphatic carbocycles. The third-order valence-electron chi connectivity index (χ3n) is 14.4. The Hall–Kier alpha value is -8.53.